The Balaban J connectivity index is 2.28. The van der Waals surface area contributed by atoms with E-state index in [1.165, 1.54) is 0 Å². The molecule has 0 aliphatic heterocycles. The summed E-state index contributed by atoms with van der Waals surface area (Å²) in [6.45, 7) is 1.21. The van der Waals surface area contributed by atoms with Gasteiger partial charge in [-0.15, -0.1) is 0 Å². The maximum atomic E-state index is 11.6. The number of phenols is 1. The van der Waals surface area contributed by atoms with Crippen LogP contribution in [0.5, 0.6) is 5.75 Å². The monoisotopic (exact) mass is 315 g/mol. The van der Waals surface area contributed by atoms with E-state index in [1.807, 2.05) is 0 Å². The van der Waals surface area contributed by atoms with Gasteiger partial charge in [-0.3, -0.25) is 4.79 Å². The largest absolute Gasteiger partial charge is 0.508 e. The minimum atomic E-state index is -0.0892. The van der Waals surface area contributed by atoms with Crippen LogP contribution in [-0.4, -0.2) is 36.1 Å². The van der Waals surface area contributed by atoms with Crippen molar-refractivity contribution in [2.24, 2.45) is 0 Å². The van der Waals surface area contributed by atoms with Crippen LogP contribution in [0.4, 0.5) is 0 Å². The van der Waals surface area contributed by atoms with Crippen LogP contribution < -0.4 is 5.32 Å². The zero-order chi connectivity index (χ0) is 13.4. The van der Waals surface area contributed by atoms with Gasteiger partial charge in [0, 0.05) is 24.0 Å². The second-order valence-corrected chi connectivity index (χ2v) is 5.29. The van der Waals surface area contributed by atoms with Crippen molar-refractivity contribution in [1.29, 1.82) is 0 Å². The number of methoxy groups -OCH3 is 1. The fourth-order valence-electron chi connectivity index (χ4n) is 1.53. The Morgan fingerprint density at radius 3 is 2.89 bits per heavy atom. The summed E-state index contributed by atoms with van der Waals surface area (Å²) in [7, 11) is 1.64. The zero-order valence-electron chi connectivity index (χ0n) is 10.4. The summed E-state index contributed by atoms with van der Waals surface area (Å²) in [5, 5.41) is 12.4. The van der Waals surface area contributed by atoms with E-state index in [4.69, 9.17) is 4.74 Å². The molecule has 0 radical (unpaired) electrons. The van der Waals surface area contributed by atoms with Crippen LogP contribution in [0.2, 0.25) is 0 Å². The zero-order valence-corrected chi connectivity index (χ0v) is 11.9. The predicted molar refractivity (Wildman–Crippen MR) is 74.0 cm³/mol. The molecule has 100 valence electrons. The number of ether oxygens (including phenoxy) is 1. The number of aromatic hydroxyl groups is 1. The first-order valence-corrected chi connectivity index (χ1v) is 6.71. The fourth-order valence-corrected chi connectivity index (χ4v) is 2.02. The summed E-state index contributed by atoms with van der Waals surface area (Å²) in [4.78, 5) is 11.9. The lowest BCUT2D eigenvalue weighted by Gasteiger charge is -2.10. The van der Waals surface area contributed by atoms with Crippen molar-refractivity contribution in [2.75, 3.05) is 20.3 Å². The molecule has 0 spiro atoms. The summed E-state index contributed by atoms with van der Waals surface area (Å²) >= 11 is 3.45. The molecule has 18 heavy (non-hydrogen) atoms. The number of carbonyl (C=O) groups excluding carboxylic acids is 1. The Morgan fingerprint density at radius 2 is 2.22 bits per heavy atom. The number of alkyl halides is 1. The van der Waals surface area contributed by atoms with Gasteiger partial charge in [0.25, 0.3) is 0 Å². The molecule has 0 saturated carbocycles. The fraction of sp³-hybridized carbons (Fsp3) is 0.462. The molecule has 4 nitrogen and oxygen atoms in total. The highest BCUT2D eigenvalue weighted by molar-refractivity contribution is 9.09. The number of nitrogens with one attached hydrogen (secondary N) is 1. The van der Waals surface area contributed by atoms with Gasteiger partial charge in [0.15, 0.2) is 0 Å². The minimum Gasteiger partial charge on any atom is -0.508 e. The molecule has 1 aromatic carbocycles. The number of carbonyl (C=O) groups is 1. The van der Waals surface area contributed by atoms with Gasteiger partial charge in [0.2, 0.25) is 5.91 Å². The van der Waals surface area contributed by atoms with Crippen LogP contribution >= 0.6 is 15.9 Å². The summed E-state index contributed by atoms with van der Waals surface area (Å²) < 4.78 is 4.98. The highest BCUT2D eigenvalue weighted by Crippen LogP contribution is 2.15. The highest BCUT2D eigenvalue weighted by Gasteiger charge is 2.08. The molecule has 0 aliphatic carbocycles. The number of phenolic OH excluding ortho intramolecular Hbond substituents is 1. The van der Waals surface area contributed by atoms with Gasteiger partial charge in [-0.1, -0.05) is 34.1 Å². The molecule has 0 bridgehead atoms. The van der Waals surface area contributed by atoms with Crippen molar-refractivity contribution in [3.05, 3.63) is 29.8 Å². The van der Waals surface area contributed by atoms with E-state index in [9.17, 15) is 9.90 Å². The first-order chi connectivity index (χ1) is 8.63. The molecule has 1 amide bonds. The number of rotatable bonds is 7. The van der Waals surface area contributed by atoms with Crippen molar-refractivity contribution in [3.8, 4) is 5.75 Å². The molecule has 1 aromatic rings. The Morgan fingerprint density at radius 1 is 1.50 bits per heavy atom. The lowest BCUT2D eigenvalue weighted by atomic mass is 10.1. The van der Waals surface area contributed by atoms with Crippen molar-refractivity contribution < 1.29 is 14.6 Å². The third-order valence-corrected chi connectivity index (χ3v) is 3.19. The van der Waals surface area contributed by atoms with E-state index in [2.05, 4.69) is 21.2 Å². The number of para-hydroxylation sites is 1. The maximum absolute atomic E-state index is 11.6. The van der Waals surface area contributed by atoms with E-state index >= 15 is 0 Å². The van der Waals surface area contributed by atoms with Gasteiger partial charge in [0.1, 0.15) is 5.75 Å². The van der Waals surface area contributed by atoms with Gasteiger partial charge < -0.3 is 15.2 Å². The third-order valence-electron chi connectivity index (χ3n) is 2.47. The van der Waals surface area contributed by atoms with Gasteiger partial charge >= 0.3 is 0 Å². The normalized spacial score (nSPS) is 12.1. The average molecular weight is 316 g/mol. The number of amides is 1. The topological polar surface area (TPSA) is 58.6 Å². The Kier molecular flexibility index (Phi) is 6.75. The summed E-state index contributed by atoms with van der Waals surface area (Å²) in [6, 6.07) is 6.86. The molecule has 1 atom stereocenters. The molecule has 0 heterocycles. The predicted octanol–water partition coefficient (Wildman–Crippen LogP) is 1.85. The Hall–Kier alpha value is -1.07. The summed E-state index contributed by atoms with van der Waals surface area (Å²) in [5.41, 5.74) is 0.641. The van der Waals surface area contributed by atoms with E-state index in [1.54, 1.807) is 31.4 Å². The third kappa shape index (κ3) is 5.51. The molecule has 0 saturated heterocycles. The summed E-state index contributed by atoms with van der Waals surface area (Å²) in [6.07, 6.45) is 1.00. The van der Waals surface area contributed by atoms with Crippen molar-refractivity contribution in [2.45, 2.75) is 17.7 Å². The second kappa shape index (κ2) is 8.11. The average Bonchev–Trinajstić information content (AvgIpc) is 2.32. The lowest BCUT2D eigenvalue weighted by molar-refractivity contribution is -0.120. The molecule has 1 unspecified atom stereocenters. The minimum absolute atomic E-state index is 0.0892. The quantitative estimate of drug-likeness (QED) is 0.755. The summed E-state index contributed by atoms with van der Waals surface area (Å²) in [5.74, 6) is 0.0685. The van der Waals surface area contributed by atoms with Gasteiger partial charge in [0.05, 0.1) is 13.0 Å². The molecule has 0 aromatic heterocycles. The molecule has 2 N–H and O–H groups in total. The van der Waals surface area contributed by atoms with E-state index in [-0.39, 0.29) is 22.9 Å². The first kappa shape index (κ1) is 15.0. The van der Waals surface area contributed by atoms with E-state index in [0.717, 1.165) is 6.42 Å². The van der Waals surface area contributed by atoms with Crippen LogP contribution in [0.15, 0.2) is 24.3 Å². The number of hydrogen-bond donors (Lipinski definition) is 2. The maximum Gasteiger partial charge on any atom is 0.224 e. The smallest absolute Gasteiger partial charge is 0.224 e. The first-order valence-electron chi connectivity index (χ1n) is 5.80. The van der Waals surface area contributed by atoms with Crippen molar-refractivity contribution in [1.82, 2.24) is 5.32 Å². The van der Waals surface area contributed by atoms with Crippen molar-refractivity contribution in [3.63, 3.8) is 0 Å². The SMILES string of the molecule is COCC(Br)CCNC(=O)Cc1ccccc1O. The molecule has 1 rings (SSSR count). The van der Waals surface area contributed by atoms with E-state index in [0.29, 0.717) is 18.7 Å². The Labute approximate surface area is 115 Å². The molecular formula is C13H18BrNO3. The Bertz CT molecular complexity index is 384. The van der Waals surface area contributed by atoms with Crippen LogP contribution in [0, 0.1) is 0 Å². The van der Waals surface area contributed by atoms with Crippen LogP contribution in [-0.2, 0) is 16.0 Å². The number of benzene rings is 1. The van der Waals surface area contributed by atoms with Crippen molar-refractivity contribution >= 4 is 21.8 Å². The van der Waals surface area contributed by atoms with Crippen LogP contribution in [0.3, 0.4) is 0 Å². The second-order valence-electron chi connectivity index (χ2n) is 4.00. The highest BCUT2D eigenvalue weighted by atomic mass is 79.9. The number of hydrogen-bond acceptors (Lipinski definition) is 3. The number of halogens is 1. The molecular weight excluding hydrogens is 298 g/mol. The molecule has 0 fully saturated rings. The van der Waals surface area contributed by atoms with Gasteiger partial charge in [-0.05, 0) is 12.5 Å². The van der Waals surface area contributed by atoms with Gasteiger partial charge in [-0.25, -0.2) is 0 Å². The van der Waals surface area contributed by atoms with E-state index < -0.39 is 0 Å². The van der Waals surface area contributed by atoms with Crippen LogP contribution in [0.25, 0.3) is 0 Å². The van der Waals surface area contributed by atoms with Gasteiger partial charge in [-0.2, -0.15) is 0 Å². The molecule has 0 aliphatic rings. The molecule has 5 heteroatoms. The van der Waals surface area contributed by atoms with Crippen LogP contribution in [0.1, 0.15) is 12.0 Å². The lowest BCUT2D eigenvalue weighted by Crippen LogP contribution is -2.28. The standard InChI is InChI=1S/C13H18BrNO3/c1-18-9-11(14)6-7-15-13(17)8-10-4-2-3-5-12(10)16/h2-5,11,16H,6-9H2,1H3,(H,15,17).